The van der Waals surface area contributed by atoms with Crippen LogP contribution in [0.4, 0.5) is 14.6 Å². The van der Waals surface area contributed by atoms with Crippen molar-refractivity contribution < 1.29 is 26.7 Å². The van der Waals surface area contributed by atoms with Gasteiger partial charge in [0, 0.05) is 37.9 Å². The molecule has 15 heteroatoms. The molecule has 3 aromatic rings. The van der Waals surface area contributed by atoms with E-state index in [0.29, 0.717) is 43.2 Å². The smallest absolute Gasteiger partial charge is 0.291 e. The molecule has 2 unspecified atom stereocenters. The van der Waals surface area contributed by atoms with Gasteiger partial charge in [-0.05, 0) is 25.1 Å². The Bertz CT molecular complexity index is 1520. The molecule has 38 heavy (non-hydrogen) atoms. The molecule has 3 fully saturated rings. The summed E-state index contributed by atoms with van der Waals surface area (Å²) in [5.41, 5.74) is -0.402. The minimum absolute atomic E-state index is 0.0467. The lowest BCUT2D eigenvalue weighted by Gasteiger charge is -2.44. The van der Waals surface area contributed by atoms with Gasteiger partial charge in [-0.25, -0.2) is 17.2 Å². The maximum absolute atomic E-state index is 13.6. The Morgan fingerprint density at radius 2 is 2.13 bits per heavy atom. The summed E-state index contributed by atoms with van der Waals surface area (Å²) in [5.74, 6) is 0.627. The molecule has 6 rings (SSSR count). The molecule has 202 valence electrons. The van der Waals surface area contributed by atoms with Gasteiger partial charge in [0.1, 0.15) is 10.8 Å². The normalized spacial score (nSPS) is 26.3. The predicted molar refractivity (Wildman–Crippen MR) is 134 cm³/mol. The lowest BCUT2D eigenvalue weighted by molar-refractivity contribution is -0.102. The fourth-order valence-electron chi connectivity index (χ4n) is 5.10. The Hall–Kier alpha value is -2.74. The highest BCUT2D eigenvalue weighted by atomic mass is 32.2. The monoisotopic (exact) mass is 565 g/mol. The van der Waals surface area contributed by atoms with Crippen molar-refractivity contribution in [1.29, 1.82) is 5.26 Å². The zero-order chi connectivity index (χ0) is 26.7. The number of hydrogen-bond acceptors (Lipinski definition) is 10. The molecule has 3 aliphatic heterocycles. The summed E-state index contributed by atoms with van der Waals surface area (Å²) in [6, 6.07) is 6.98. The fourth-order valence-corrected chi connectivity index (χ4v) is 7.23. The summed E-state index contributed by atoms with van der Waals surface area (Å²) in [7, 11) is -4.17. The van der Waals surface area contributed by atoms with Gasteiger partial charge in [-0.1, -0.05) is 11.3 Å². The summed E-state index contributed by atoms with van der Waals surface area (Å²) in [6.07, 6.45) is -1.59. The molecule has 11 nitrogen and oxygen atoms in total. The van der Waals surface area contributed by atoms with E-state index < -0.39 is 33.1 Å². The number of pyridine rings is 1. The van der Waals surface area contributed by atoms with Crippen LogP contribution in [0.2, 0.25) is 0 Å². The Morgan fingerprint density at radius 3 is 2.82 bits per heavy atom. The summed E-state index contributed by atoms with van der Waals surface area (Å²) in [5, 5.41) is 17.1. The maximum atomic E-state index is 13.6. The average molecular weight is 566 g/mol. The SMILES string of the molecule is CC1OCC1(C#N)NS(=O)(=O)c1cc(N2CCN3CCOC[C@H]3C2)n2ccc(-c3nnc(C(F)F)s3)c2c1. The Labute approximate surface area is 221 Å². The van der Waals surface area contributed by atoms with E-state index in [1.165, 1.54) is 6.07 Å². The highest BCUT2D eigenvalue weighted by molar-refractivity contribution is 7.89. The topological polar surface area (TPSA) is 125 Å². The molecule has 3 saturated heterocycles. The van der Waals surface area contributed by atoms with Gasteiger partial charge in [0.15, 0.2) is 10.5 Å². The summed E-state index contributed by atoms with van der Waals surface area (Å²) >= 11 is 0.763. The number of nitrogens with zero attached hydrogens (tertiary/aromatic N) is 6. The standard InChI is InChI=1S/C23H25F2N7O4S2/c1-14-23(12-26,13-36-14)29-38(33,34)16-8-18-17(21-27-28-22(37-21)20(24)25)2-3-32(18)19(9-16)31-5-4-30-6-7-35-11-15(30)10-31/h2-3,8-9,14-15,20,29H,4-7,10-11,13H2,1H3/t14?,15-,23?/m1/s1. The number of fused-ring (bicyclic) bond motifs is 2. The van der Waals surface area contributed by atoms with Gasteiger partial charge in [-0.15, -0.1) is 10.2 Å². The van der Waals surface area contributed by atoms with E-state index in [-0.39, 0.29) is 22.6 Å². The molecule has 1 N–H and O–H groups in total. The zero-order valence-corrected chi connectivity index (χ0v) is 22.0. The number of alkyl halides is 2. The van der Waals surface area contributed by atoms with Gasteiger partial charge in [0.2, 0.25) is 10.0 Å². The summed E-state index contributed by atoms with van der Waals surface area (Å²) in [4.78, 5) is 4.42. The first kappa shape index (κ1) is 25.5. The minimum atomic E-state index is -4.17. The van der Waals surface area contributed by atoms with E-state index in [1.54, 1.807) is 25.3 Å². The molecule has 0 saturated carbocycles. The predicted octanol–water partition coefficient (Wildman–Crippen LogP) is 1.88. The first-order chi connectivity index (χ1) is 18.2. The van der Waals surface area contributed by atoms with Crippen LogP contribution in [0.5, 0.6) is 0 Å². The first-order valence-electron chi connectivity index (χ1n) is 12.1. The Balaban J connectivity index is 1.46. The number of nitrogens with one attached hydrogen (secondary N) is 1. The second-order valence-corrected chi connectivity index (χ2v) is 12.3. The zero-order valence-electron chi connectivity index (χ0n) is 20.4. The van der Waals surface area contributed by atoms with Crippen LogP contribution in [-0.4, -0.2) is 91.6 Å². The van der Waals surface area contributed by atoms with E-state index in [1.807, 2.05) is 10.5 Å². The summed E-state index contributed by atoms with van der Waals surface area (Å²) in [6.45, 7) is 5.78. The van der Waals surface area contributed by atoms with Crippen molar-refractivity contribution in [1.82, 2.24) is 24.2 Å². The number of ether oxygens (including phenoxy) is 2. The number of hydrogen-bond donors (Lipinski definition) is 1. The molecule has 3 aromatic heterocycles. The molecule has 0 bridgehead atoms. The third-order valence-corrected chi connectivity index (χ3v) is 9.88. The molecule has 0 amide bonds. The fraction of sp³-hybridized carbons (Fsp3) is 0.522. The molecular formula is C23H25F2N7O4S2. The molecule has 6 heterocycles. The van der Waals surface area contributed by atoms with E-state index in [2.05, 4.69) is 24.7 Å². The van der Waals surface area contributed by atoms with Crippen LogP contribution in [0.15, 0.2) is 29.3 Å². The van der Waals surface area contributed by atoms with Crippen LogP contribution in [-0.2, 0) is 19.5 Å². The second kappa shape index (κ2) is 9.47. The third kappa shape index (κ3) is 4.25. The lowest BCUT2D eigenvalue weighted by Crippen LogP contribution is -2.66. The van der Waals surface area contributed by atoms with Gasteiger partial charge in [-0.2, -0.15) is 9.98 Å². The Kier molecular flexibility index (Phi) is 6.36. The number of nitriles is 1. The van der Waals surface area contributed by atoms with E-state index in [0.717, 1.165) is 24.4 Å². The number of morpholine rings is 1. The molecule has 0 aromatic carbocycles. The van der Waals surface area contributed by atoms with Crippen LogP contribution in [0.3, 0.4) is 0 Å². The van der Waals surface area contributed by atoms with Gasteiger partial charge in [0.05, 0.1) is 48.4 Å². The highest BCUT2D eigenvalue weighted by Gasteiger charge is 2.49. The first-order valence-corrected chi connectivity index (χ1v) is 14.4. The average Bonchev–Trinajstić information content (AvgIpc) is 3.57. The van der Waals surface area contributed by atoms with Crippen molar-refractivity contribution >= 4 is 32.7 Å². The molecular weight excluding hydrogens is 540 g/mol. The van der Waals surface area contributed by atoms with Crippen LogP contribution >= 0.6 is 11.3 Å². The number of rotatable bonds is 6. The molecule has 3 atom stereocenters. The van der Waals surface area contributed by atoms with E-state index >= 15 is 0 Å². The molecule has 0 aliphatic carbocycles. The van der Waals surface area contributed by atoms with Crippen molar-refractivity contribution in [2.24, 2.45) is 0 Å². The number of halogens is 2. The maximum Gasteiger partial charge on any atom is 0.291 e. The number of anilines is 1. The molecule has 0 spiro atoms. The molecule has 0 radical (unpaired) electrons. The van der Waals surface area contributed by atoms with Crippen molar-refractivity contribution in [2.45, 2.75) is 35.9 Å². The number of aromatic nitrogens is 3. The second-order valence-electron chi connectivity index (χ2n) is 9.63. The van der Waals surface area contributed by atoms with Gasteiger partial charge in [-0.3, -0.25) is 4.90 Å². The van der Waals surface area contributed by atoms with Crippen molar-refractivity contribution in [2.75, 3.05) is 50.9 Å². The third-order valence-electron chi connectivity index (χ3n) is 7.42. The van der Waals surface area contributed by atoms with Crippen LogP contribution in [0.25, 0.3) is 16.1 Å². The van der Waals surface area contributed by atoms with Crippen LogP contribution < -0.4 is 9.62 Å². The quantitative estimate of drug-likeness (QED) is 0.477. The minimum Gasteiger partial charge on any atom is -0.378 e. The van der Waals surface area contributed by atoms with Gasteiger partial charge >= 0.3 is 0 Å². The van der Waals surface area contributed by atoms with Crippen LogP contribution in [0.1, 0.15) is 18.4 Å². The Morgan fingerprint density at radius 1 is 1.29 bits per heavy atom. The van der Waals surface area contributed by atoms with Gasteiger partial charge < -0.3 is 18.8 Å². The number of piperazine rings is 1. The lowest BCUT2D eigenvalue weighted by atomic mass is 9.92. The van der Waals surface area contributed by atoms with E-state index in [4.69, 9.17) is 9.47 Å². The summed E-state index contributed by atoms with van der Waals surface area (Å²) < 4.78 is 69.0. The molecule has 3 aliphatic rings. The van der Waals surface area contributed by atoms with Crippen LogP contribution in [0, 0.1) is 11.3 Å². The highest BCUT2D eigenvalue weighted by Crippen LogP contribution is 2.36. The van der Waals surface area contributed by atoms with Crippen molar-refractivity contribution in [3.63, 3.8) is 0 Å². The van der Waals surface area contributed by atoms with Crippen molar-refractivity contribution in [3.8, 4) is 16.6 Å². The van der Waals surface area contributed by atoms with Gasteiger partial charge in [0.25, 0.3) is 6.43 Å². The number of sulfonamides is 1. The van der Waals surface area contributed by atoms with Crippen molar-refractivity contribution in [3.05, 3.63) is 29.4 Å². The largest absolute Gasteiger partial charge is 0.378 e. The van der Waals surface area contributed by atoms with E-state index in [9.17, 15) is 22.5 Å².